The fourth-order valence-electron chi connectivity index (χ4n) is 2.63. The second kappa shape index (κ2) is 7.30. The van der Waals surface area contributed by atoms with E-state index in [9.17, 15) is 16.8 Å². The number of hydrogen-bond acceptors (Lipinski definition) is 5. The van der Waals surface area contributed by atoms with Gasteiger partial charge in [-0.05, 0) is 41.5 Å². The van der Waals surface area contributed by atoms with Gasteiger partial charge in [0.05, 0.1) is 0 Å². The highest BCUT2D eigenvalue weighted by molar-refractivity contribution is 7.90. The van der Waals surface area contributed by atoms with E-state index in [4.69, 9.17) is 16.7 Å². The Bertz CT molecular complexity index is 1220. The number of sulfonamides is 2. The van der Waals surface area contributed by atoms with Crippen molar-refractivity contribution in [1.82, 2.24) is 14.1 Å². The van der Waals surface area contributed by atoms with Gasteiger partial charge < -0.3 is 0 Å². The van der Waals surface area contributed by atoms with Crippen LogP contribution >= 0.6 is 11.6 Å². The second-order valence-electron chi connectivity index (χ2n) is 6.11. The van der Waals surface area contributed by atoms with E-state index in [0.717, 1.165) is 4.31 Å². The third kappa shape index (κ3) is 3.82. The maximum absolute atomic E-state index is 13.0. The van der Waals surface area contributed by atoms with Crippen LogP contribution < -0.4 is 5.14 Å². The predicted octanol–water partition coefficient (Wildman–Crippen LogP) is 2.09. The highest BCUT2D eigenvalue weighted by Gasteiger charge is 2.29. The van der Waals surface area contributed by atoms with Gasteiger partial charge in [-0.1, -0.05) is 23.7 Å². The number of primary sulfonamides is 1. The maximum Gasteiger partial charge on any atom is 0.244 e. The van der Waals surface area contributed by atoms with Crippen LogP contribution in [0.3, 0.4) is 0 Å². The highest BCUT2D eigenvalue weighted by atomic mass is 35.5. The van der Waals surface area contributed by atoms with Gasteiger partial charge in [-0.25, -0.2) is 31.0 Å². The van der Waals surface area contributed by atoms with E-state index in [2.05, 4.69) is 5.10 Å². The number of halogens is 1. The first kappa shape index (κ1) is 20.5. The molecule has 2 aromatic carbocycles. The smallest absolute Gasteiger partial charge is 0.238 e. The van der Waals surface area contributed by atoms with Crippen molar-refractivity contribution in [2.24, 2.45) is 5.14 Å². The summed E-state index contributed by atoms with van der Waals surface area (Å²) in [6.45, 7) is 0. The first-order valence-electron chi connectivity index (χ1n) is 7.91. The molecule has 0 radical (unpaired) electrons. The molecule has 2 N–H and O–H groups in total. The SMILES string of the molecule is CN(C)S(=O)(=O)c1cc(-c2ccc(Cl)cc2)cc(S(N)(=O)=O)c1-n1cccn1. The van der Waals surface area contributed by atoms with E-state index < -0.39 is 20.0 Å². The number of aromatic nitrogens is 2. The molecule has 0 spiro atoms. The molecule has 0 atom stereocenters. The van der Waals surface area contributed by atoms with Gasteiger partial charge in [0.15, 0.2) is 0 Å². The Hall–Kier alpha value is -2.24. The molecule has 0 saturated carbocycles. The maximum atomic E-state index is 13.0. The van der Waals surface area contributed by atoms with Gasteiger partial charge in [0, 0.05) is 31.5 Å². The minimum absolute atomic E-state index is 0.140. The zero-order valence-corrected chi connectivity index (χ0v) is 17.3. The Kier molecular flexibility index (Phi) is 5.34. The molecule has 0 aliphatic heterocycles. The summed E-state index contributed by atoms with van der Waals surface area (Å²) >= 11 is 5.91. The van der Waals surface area contributed by atoms with Gasteiger partial charge in [0.1, 0.15) is 15.5 Å². The van der Waals surface area contributed by atoms with Crippen LogP contribution in [0.4, 0.5) is 0 Å². The quantitative estimate of drug-likeness (QED) is 0.652. The van der Waals surface area contributed by atoms with E-state index >= 15 is 0 Å². The molecule has 3 rings (SSSR count). The normalized spacial score (nSPS) is 12.5. The Morgan fingerprint density at radius 3 is 2.11 bits per heavy atom. The van der Waals surface area contributed by atoms with Crippen LogP contribution in [0.25, 0.3) is 16.8 Å². The summed E-state index contributed by atoms with van der Waals surface area (Å²) in [5.74, 6) is 0. The molecule has 0 unspecified atom stereocenters. The Balaban J connectivity index is 2.47. The van der Waals surface area contributed by atoms with Gasteiger partial charge >= 0.3 is 0 Å². The fraction of sp³-hybridized carbons (Fsp3) is 0.118. The van der Waals surface area contributed by atoms with Gasteiger partial charge in [0.25, 0.3) is 0 Å². The zero-order chi connectivity index (χ0) is 20.7. The summed E-state index contributed by atoms with van der Waals surface area (Å²) in [7, 11) is -5.60. The lowest BCUT2D eigenvalue weighted by Crippen LogP contribution is -2.26. The van der Waals surface area contributed by atoms with Crippen LogP contribution in [0.1, 0.15) is 0 Å². The van der Waals surface area contributed by atoms with Crippen LogP contribution in [-0.2, 0) is 20.0 Å². The topological polar surface area (TPSA) is 115 Å². The Morgan fingerprint density at radius 1 is 1.00 bits per heavy atom. The molecule has 1 aromatic heterocycles. The number of nitrogens with zero attached hydrogens (tertiary/aromatic N) is 3. The molecule has 0 fully saturated rings. The van der Waals surface area contributed by atoms with Crippen molar-refractivity contribution in [3.8, 4) is 16.8 Å². The Labute approximate surface area is 168 Å². The molecule has 0 aliphatic carbocycles. The Morgan fingerprint density at radius 2 is 1.61 bits per heavy atom. The summed E-state index contributed by atoms with van der Waals surface area (Å²) in [6.07, 6.45) is 2.85. The van der Waals surface area contributed by atoms with E-state index in [0.29, 0.717) is 16.1 Å². The average Bonchev–Trinajstić information content (AvgIpc) is 3.14. The molecule has 0 aliphatic rings. The van der Waals surface area contributed by atoms with Crippen LogP contribution in [0.2, 0.25) is 5.02 Å². The third-order valence-electron chi connectivity index (χ3n) is 4.02. The lowest BCUT2D eigenvalue weighted by Gasteiger charge is -2.19. The highest BCUT2D eigenvalue weighted by Crippen LogP contribution is 2.34. The fourth-order valence-corrected chi connectivity index (χ4v) is 4.70. The zero-order valence-electron chi connectivity index (χ0n) is 14.9. The lowest BCUT2D eigenvalue weighted by atomic mass is 10.1. The minimum Gasteiger partial charge on any atom is -0.238 e. The van der Waals surface area contributed by atoms with Gasteiger partial charge in [-0.15, -0.1) is 0 Å². The summed E-state index contributed by atoms with van der Waals surface area (Å²) in [6, 6.07) is 10.8. The van der Waals surface area contributed by atoms with Crippen molar-refractivity contribution in [3.05, 3.63) is 59.9 Å². The number of rotatable bonds is 5. The summed E-state index contributed by atoms with van der Waals surface area (Å²) in [5.41, 5.74) is 0.799. The first-order chi connectivity index (χ1) is 13.0. The molecule has 8 nitrogen and oxygen atoms in total. The monoisotopic (exact) mass is 440 g/mol. The van der Waals surface area contributed by atoms with Crippen molar-refractivity contribution < 1.29 is 16.8 Å². The van der Waals surface area contributed by atoms with E-state index in [1.165, 1.54) is 43.3 Å². The minimum atomic E-state index is -4.28. The van der Waals surface area contributed by atoms with Crippen molar-refractivity contribution >= 4 is 31.6 Å². The van der Waals surface area contributed by atoms with Crippen molar-refractivity contribution in [1.29, 1.82) is 0 Å². The van der Waals surface area contributed by atoms with Crippen LogP contribution in [0.15, 0.2) is 64.6 Å². The van der Waals surface area contributed by atoms with Gasteiger partial charge in [0.2, 0.25) is 20.0 Å². The molecule has 0 saturated heterocycles. The molecule has 3 aromatic rings. The predicted molar refractivity (Wildman–Crippen MR) is 106 cm³/mol. The van der Waals surface area contributed by atoms with Gasteiger partial charge in [-0.2, -0.15) is 5.10 Å². The van der Waals surface area contributed by atoms with Crippen molar-refractivity contribution in [2.45, 2.75) is 9.79 Å². The number of hydrogen-bond donors (Lipinski definition) is 1. The molecule has 1 heterocycles. The summed E-state index contributed by atoms with van der Waals surface area (Å²) in [4.78, 5) is -0.596. The largest absolute Gasteiger partial charge is 0.244 e. The van der Waals surface area contributed by atoms with Crippen LogP contribution in [0.5, 0.6) is 0 Å². The average molecular weight is 441 g/mol. The number of benzene rings is 2. The summed E-state index contributed by atoms with van der Waals surface area (Å²) < 4.78 is 52.8. The number of nitrogens with two attached hydrogens (primary N) is 1. The van der Waals surface area contributed by atoms with E-state index in [1.54, 1.807) is 30.3 Å². The second-order valence-corrected chi connectivity index (χ2v) is 10.2. The standard InChI is InChI=1S/C17H17ClN4O4S2/c1-21(2)28(25,26)16-11-13(12-4-6-14(18)7-5-12)10-15(27(19,23)24)17(16)22-9-3-8-20-22/h3-11H,1-2H3,(H2,19,23,24). The molecule has 11 heteroatoms. The molecule has 0 bridgehead atoms. The van der Waals surface area contributed by atoms with Crippen molar-refractivity contribution in [2.75, 3.05) is 14.1 Å². The summed E-state index contributed by atoms with van der Waals surface area (Å²) in [5, 5.41) is 9.92. The molecular weight excluding hydrogens is 424 g/mol. The van der Waals surface area contributed by atoms with E-state index in [-0.39, 0.29) is 15.5 Å². The molecular formula is C17H17ClN4O4S2. The molecule has 0 amide bonds. The molecule has 148 valence electrons. The van der Waals surface area contributed by atoms with Crippen molar-refractivity contribution in [3.63, 3.8) is 0 Å². The van der Waals surface area contributed by atoms with Crippen LogP contribution in [-0.4, -0.2) is 45.0 Å². The lowest BCUT2D eigenvalue weighted by molar-refractivity contribution is 0.519. The first-order valence-corrected chi connectivity index (χ1v) is 11.3. The van der Waals surface area contributed by atoms with Gasteiger partial charge in [-0.3, -0.25) is 0 Å². The van der Waals surface area contributed by atoms with E-state index in [1.807, 2.05) is 0 Å². The van der Waals surface area contributed by atoms with Crippen LogP contribution in [0, 0.1) is 0 Å². The molecule has 28 heavy (non-hydrogen) atoms. The third-order valence-corrected chi connectivity index (χ3v) is 7.02.